The van der Waals surface area contributed by atoms with Crippen molar-refractivity contribution in [2.75, 3.05) is 26.2 Å². The highest BCUT2D eigenvalue weighted by atomic mass is 16.5. The van der Waals surface area contributed by atoms with E-state index in [1.54, 1.807) is 0 Å². The number of hydrogen-bond acceptors (Lipinski definition) is 3. The van der Waals surface area contributed by atoms with Crippen molar-refractivity contribution in [1.82, 2.24) is 10.2 Å². The Labute approximate surface area is 130 Å². The van der Waals surface area contributed by atoms with Crippen LogP contribution in [0.4, 0.5) is 0 Å². The zero-order valence-electron chi connectivity index (χ0n) is 13.9. The van der Waals surface area contributed by atoms with Gasteiger partial charge >= 0.3 is 0 Å². The highest BCUT2D eigenvalue weighted by molar-refractivity contribution is 4.93. The molecule has 3 nitrogen and oxygen atoms in total. The Morgan fingerprint density at radius 1 is 1.10 bits per heavy atom. The summed E-state index contributed by atoms with van der Waals surface area (Å²) in [5, 5.41) is 3.65. The molecule has 0 amide bonds. The molecule has 0 bridgehead atoms. The number of nitrogens with zero attached hydrogens (tertiary/aromatic N) is 1. The predicted molar refractivity (Wildman–Crippen MR) is 87.7 cm³/mol. The lowest BCUT2D eigenvalue weighted by atomic mass is 9.98. The van der Waals surface area contributed by atoms with Gasteiger partial charge in [0.25, 0.3) is 0 Å². The molecule has 0 radical (unpaired) electrons. The van der Waals surface area contributed by atoms with E-state index in [2.05, 4.69) is 17.1 Å². The average molecular weight is 294 g/mol. The summed E-state index contributed by atoms with van der Waals surface area (Å²) >= 11 is 0. The first-order valence-electron chi connectivity index (χ1n) is 9.43. The van der Waals surface area contributed by atoms with Crippen LogP contribution in [-0.4, -0.2) is 48.8 Å². The number of unbranched alkanes of at least 4 members (excludes halogenated alkanes) is 1. The van der Waals surface area contributed by atoms with E-state index in [0.717, 1.165) is 6.04 Å². The molecular formula is C18H34N2O. The molecule has 1 saturated carbocycles. The lowest BCUT2D eigenvalue weighted by Gasteiger charge is -2.30. The summed E-state index contributed by atoms with van der Waals surface area (Å²) in [5.74, 6) is 0. The smallest absolute Gasteiger partial charge is 0.0710 e. The maximum Gasteiger partial charge on any atom is 0.0710 e. The van der Waals surface area contributed by atoms with Crippen molar-refractivity contribution in [3.8, 4) is 0 Å². The van der Waals surface area contributed by atoms with Crippen LogP contribution >= 0.6 is 0 Å². The van der Waals surface area contributed by atoms with Crippen molar-refractivity contribution < 1.29 is 4.74 Å². The van der Waals surface area contributed by atoms with Gasteiger partial charge in [-0.3, -0.25) is 4.90 Å². The SMILES string of the molecule is CCCCN(CC1CCCN1)CC1CCC2(CCCC2)O1. The monoisotopic (exact) mass is 294 g/mol. The third-order valence-corrected chi connectivity index (χ3v) is 5.78. The molecule has 1 aliphatic carbocycles. The molecule has 0 aromatic rings. The summed E-state index contributed by atoms with van der Waals surface area (Å²) in [6.45, 7) is 7.16. The first-order chi connectivity index (χ1) is 10.3. The zero-order valence-corrected chi connectivity index (χ0v) is 13.9. The van der Waals surface area contributed by atoms with Crippen molar-refractivity contribution in [2.45, 2.75) is 88.9 Å². The van der Waals surface area contributed by atoms with E-state index in [1.165, 1.54) is 90.4 Å². The summed E-state index contributed by atoms with van der Waals surface area (Å²) < 4.78 is 6.52. The summed E-state index contributed by atoms with van der Waals surface area (Å²) in [7, 11) is 0. The van der Waals surface area contributed by atoms with E-state index in [-0.39, 0.29) is 0 Å². The van der Waals surface area contributed by atoms with E-state index in [0.29, 0.717) is 11.7 Å². The van der Waals surface area contributed by atoms with E-state index < -0.39 is 0 Å². The fraction of sp³-hybridized carbons (Fsp3) is 1.00. The van der Waals surface area contributed by atoms with Crippen molar-refractivity contribution in [1.29, 1.82) is 0 Å². The molecule has 1 N–H and O–H groups in total. The molecule has 3 rings (SSSR count). The lowest BCUT2D eigenvalue weighted by Crippen LogP contribution is -2.42. The molecule has 2 atom stereocenters. The highest BCUT2D eigenvalue weighted by Crippen LogP contribution is 2.43. The molecular weight excluding hydrogens is 260 g/mol. The van der Waals surface area contributed by atoms with Crippen LogP contribution < -0.4 is 5.32 Å². The Bertz CT molecular complexity index is 308. The molecule has 2 saturated heterocycles. The number of rotatable bonds is 7. The molecule has 21 heavy (non-hydrogen) atoms. The van der Waals surface area contributed by atoms with E-state index in [4.69, 9.17) is 4.74 Å². The van der Waals surface area contributed by atoms with Gasteiger partial charge in [0.1, 0.15) is 0 Å². The molecule has 122 valence electrons. The van der Waals surface area contributed by atoms with Crippen LogP contribution in [-0.2, 0) is 4.74 Å². The first kappa shape index (κ1) is 15.8. The number of nitrogens with one attached hydrogen (secondary N) is 1. The second-order valence-corrected chi connectivity index (χ2v) is 7.58. The Hall–Kier alpha value is -0.120. The Morgan fingerprint density at radius 2 is 1.95 bits per heavy atom. The Morgan fingerprint density at radius 3 is 2.67 bits per heavy atom. The molecule has 3 aliphatic rings. The van der Waals surface area contributed by atoms with E-state index in [9.17, 15) is 0 Å². The van der Waals surface area contributed by atoms with Crippen LogP contribution in [0.25, 0.3) is 0 Å². The van der Waals surface area contributed by atoms with E-state index >= 15 is 0 Å². The van der Waals surface area contributed by atoms with Crippen LogP contribution in [0.15, 0.2) is 0 Å². The number of hydrogen-bond donors (Lipinski definition) is 1. The number of ether oxygens (including phenoxy) is 1. The van der Waals surface area contributed by atoms with Gasteiger partial charge < -0.3 is 10.1 Å². The largest absolute Gasteiger partial charge is 0.370 e. The second kappa shape index (κ2) is 7.43. The minimum Gasteiger partial charge on any atom is -0.370 e. The molecule has 3 fully saturated rings. The third kappa shape index (κ3) is 4.20. The van der Waals surface area contributed by atoms with Crippen LogP contribution in [0, 0.1) is 0 Å². The topological polar surface area (TPSA) is 24.5 Å². The normalized spacial score (nSPS) is 31.7. The van der Waals surface area contributed by atoms with Crippen molar-refractivity contribution in [3.05, 3.63) is 0 Å². The van der Waals surface area contributed by atoms with E-state index in [1.807, 2.05) is 0 Å². The van der Waals surface area contributed by atoms with Crippen LogP contribution in [0.1, 0.15) is 71.1 Å². The zero-order chi connectivity index (χ0) is 14.5. The van der Waals surface area contributed by atoms with Gasteiger partial charge in [-0.1, -0.05) is 26.2 Å². The van der Waals surface area contributed by atoms with Crippen molar-refractivity contribution in [3.63, 3.8) is 0 Å². The van der Waals surface area contributed by atoms with Crippen LogP contribution in [0.5, 0.6) is 0 Å². The summed E-state index contributed by atoms with van der Waals surface area (Å²) in [6.07, 6.45) is 13.9. The molecule has 3 heteroatoms. The lowest BCUT2D eigenvalue weighted by molar-refractivity contribution is -0.0478. The summed E-state index contributed by atoms with van der Waals surface area (Å²) in [4.78, 5) is 2.69. The van der Waals surface area contributed by atoms with Crippen LogP contribution in [0.3, 0.4) is 0 Å². The Kier molecular flexibility index (Phi) is 5.58. The van der Waals surface area contributed by atoms with Crippen molar-refractivity contribution in [2.24, 2.45) is 0 Å². The molecule has 0 aromatic carbocycles. The molecule has 2 heterocycles. The second-order valence-electron chi connectivity index (χ2n) is 7.58. The van der Waals surface area contributed by atoms with Gasteiger partial charge in [0, 0.05) is 19.1 Å². The molecule has 2 unspecified atom stereocenters. The van der Waals surface area contributed by atoms with Crippen LogP contribution in [0.2, 0.25) is 0 Å². The van der Waals surface area contributed by atoms with Crippen molar-refractivity contribution >= 4 is 0 Å². The third-order valence-electron chi connectivity index (χ3n) is 5.78. The molecule has 1 spiro atoms. The van der Waals surface area contributed by atoms with Gasteiger partial charge in [-0.15, -0.1) is 0 Å². The maximum absolute atomic E-state index is 6.52. The van der Waals surface area contributed by atoms with Gasteiger partial charge in [-0.05, 0) is 58.0 Å². The van der Waals surface area contributed by atoms with Gasteiger partial charge in [-0.2, -0.15) is 0 Å². The molecule has 2 aliphatic heterocycles. The summed E-state index contributed by atoms with van der Waals surface area (Å²) in [6, 6.07) is 0.726. The minimum atomic E-state index is 0.298. The van der Waals surface area contributed by atoms with Gasteiger partial charge in [-0.25, -0.2) is 0 Å². The van der Waals surface area contributed by atoms with Gasteiger partial charge in [0.15, 0.2) is 0 Å². The average Bonchev–Trinajstić information content (AvgIpc) is 3.21. The first-order valence-corrected chi connectivity index (χ1v) is 9.43. The minimum absolute atomic E-state index is 0.298. The molecule has 0 aromatic heterocycles. The highest BCUT2D eigenvalue weighted by Gasteiger charge is 2.42. The fourth-order valence-electron chi connectivity index (χ4n) is 4.56. The quantitative estimate of drug-likeness (QED) is 0.779. The van der Waals surface area contributed by atoms with Gasteiger partial charge in [0.05, 0.1) is 11.7 Å². The van der Waals surface area contributed by atoms with Gasteiger partial charge in [0.2, 0.25) is 0 Å². The maximum atomic E-state index is 6.52. The predicted octanol–water partition coefficient (Wildman–Crippen LogP) is 3.33. The standard InChI is InChI=1S/C18H34N2O/c1-2-3-13-20(14-16-7-6-12-19-16)15-17-8-11-18(21-17)9-4-5-10-18/h16-17,19H,2-15H2,1H3. The Balaban J connectivity index is 1.48. The fourth-order valence-corrected chi connectivity index (χ4v) is 4.56. The summed E-state index contributed by atoms with van der Waals surface area (Å²) in [5.41, 5.74) is 0.298.